The van der Waals surface area contributed by atoms with Gasteiger partial charge < -0.3 is 19.4 Å². The Bertz CT molecular complexity index is 1450. The van der Waals surface area contributed by atoms with Crippen molar-refractivity contribution >= 4 is 45.8 Å². The number of nitrogens with one attached hydrogen (secondary N) is 1. The van der Waals surface area contributed by atoms with Crippen LogP contribution in [0.1, 0.15) is 10.4 Å². The Morgan fingerprint density at radius 1 is 0.909 bits per heavy atom. The second-order valence-corrected chi connectivity index (χ2v) is 8.10. The maximum absolute atomic E-state index is 13.5. The van der Waals surface area contributed by atoms with Gasteiger partial charge in [-0.15, -0.1) is 0 Å². The van der Waals surface area contributed by atoms with E-state index in [0.717, 1.165) is 0 Å². The summed E-state index contributed by atoms with van der Waals surface area (Å²) in [5.74, 6) is 0.838. The van der Waals surface area contributed by atoms with E-state index >= 15 is 0 Å². The van der Waals surface area contributed by atoms with E-state index in [4.69, 9.17) is 32.7 Å². The Labute approximate surface area is 200 Å². The van der Waals surface area contributed by atoms with E-state index in [-0.39, 0.29) is 5.43 Å². The summed E-state index contributed by atoms with van der Waals surface area (Å²) in [7, 11) is 4.80. The molecule has 8 heteroatoms. The van der Waals surface area contributed by atoms with Gasteiger partial charge in [0.05, 0.1) is 35.3 Å². The van der Waals surface area contributed by atoms with Gasteiger partial charge in [0.25, 0.3) is 5.91 Å². The molecule has 0 radical (unpaired) electrons. The van der Waals surface area contributed by atoms with Gasteiger partial charge in [-0.05, 0) is 48.0 Å². The Morgan fingerprint density at radius 2 is 1.64 bits per heavy atom. The molecule has 4 rings (SSSR count). The predicted molar refractivity (Wildman–Crippen MR) is 132 cm³/mol. The number of nitrogens with zero attached hydrogens (tertiary/aromatic N) is 1. The molecule has 168 valence electrons. The number of methoxy groups -OCH3 is 2. The minimum Gasteiger partial charge on any atom is -0.493 e. The van der Waals surface area contributed by atoms with Crippen LogP contribution in [0.5, 0.6) is 11.5 Å². The fraction of sp³-hybridized carbons (Fsp3) is 0.120. The summed E-state index contributed by atoms with van der Waals surface area (Å²) >= 11 is 12.3. The third kappa shape index (κ3) is 4.15. The lowest BCUT2D eigenvalue weighted by atomic mass is 10.0. The first-order valence-electron chi connectivity index (χ1n) is 9.96. The van der Waals surface area contributed by atoms with Crippen molar-refractivity contribution < 1.29 is 14.3 Å². The highest BCUT2D eigenvalue weighted by atomic mass is 35.5. The molecule has 33 heavy (non-hydrogen) atoms. The Morgan fingerprint density at radius 3 is 2.33 bits per heavy atom. The summed E-state index contributed by atoms with van der Waals surface area (Å²) in [6, 6.07) is 17.0. The molecule has 0 bridgehead atoms. The summed E-state index contributed by atoms with van der Waals surface area (Å²) in [6.07, 6.45) is 0. The van der Waals surface area contributed by atoms with Gasteiger partial charge in [-0.25, -0.2) is 0 Å². The number of anilines is 1. The molecule has 0 unspecified atom stereocenters. The zero-order valence-electron chi connectivity index (χ0n) is 18.1. The molecule has 0 aliphatic heterocycles. The molecule has 0 saturated heterocycles. The summed E-state index contributed by atoms with van der Waals surface area (Å²) in [4.78, 5) is 26.7. The van der Waals surface area contributed by atoms with Gasteiger partial charge in [0.2, 0.25) is 0 Å². The molecule has 6 nitrogen and oxygen atoms in total. The molecule has 0 aliphatic carbocycles. The number of rotatable bonds is 5. The number of hydrogen-bond acceptors (Lipinski definition) is 4. The molecule has 0 spiro atoms. The number of carbonyl (C=O) groups excluding carboxylic acids is 1. The Hall–Kier alpha value is -3.48. The van der Waals surface area contributed by atoms with Crippen molar-refractivity contribution in [1.29, 1.82) is 0 Å². The van der Waals surface area contributed by atoms with Crippen LogP contribution in [-0.2, 0) is 7.05 Å². The fourth-order valence-corrected chi connectivity index (χ4v) is 4.01. The molecule has 1 amide bonds. The molecule has 1 heterocycles. The number of pyridine rings is 1. The highest BCUT2D eigenvalue weighted by molar-refractivity contribution is 6.42. The average molecular weight is 483 g/mol. The zero-order valence-corrected chi connectivity index (χ0v) is 19.6. The van der Waals surface area contributed by atoms with Crippen LogP contribution >= 0.6 is 23.2 Å². The minimum atomic E-state index is -0.414. The van der Waals surface area contributed by atoms with Gasteiger partial charge in [-0.3, -0.25) is 9.59 Å². The number of fused-ring (bicyclic) bond motifs is 1. The van der Waals surface area contributed by atoms with Crippen LogP contribution in [0.3, 0.4) is 0 Å². The van der Waals surface area contributed by atoms with E-state index in [1.54, 1.807) is 60.1 Å². The molecular weight excluding hydrogens is 463 g/mol. The molecule has 0 fully saturated rings. The summed E-state index contributed by atoms with van der Waals surface area (Å²) in [5.41, 5.74) is 1.63. The van der Waals surface area contributed by atoms with Crippen molar-refractivity contribution in [1.82, 2.24) is 4.57 Å². The van der Waals surface area contributed by atoms with E-state index in [1.807, 2.05) is 12.1 Å². The van der Waals surface area contributed by atoms with E-state index in [0.29, 0.717) is 55.0 Å². The fourth-order valence-electron chi connectivity index (χ4n) is 3.71. The van der Waals surface area contributed by atoms with Crippen LogP contribution in [0, 0.1) is 0 Å². The van der Waals surface area contributed by atoms with Crippen LogP contribution in [0.2, 0.25) is 10.0 Å². The third-order valence-corrected chi connectivity index (χ3v) is 6.13. The molecule has 1 aromatic heterocycles. The van der Waals surface area contributed by atoms with Crippen LogP contribution in [0.15, 0.2) is 65.5 Å². The highest BCUT2D eigenvalue weighted by Gasteiger charge is 2.20. The first-order chi connectivity index (χ1) is 15.8. The lowest BCUT2D eigenvalue weighted by molar-refractivity contribution is 0.102. The largest absolute Gasteiger partial charge is 0.493 e. The number of carbonyl (C=O) groups is 1. The Kier molecular flexibility index (Phi) is 6.31. The Balaban J connectivity index is 1.91. The molecule has 0 atom stereocenters. The topological polar surface area (TPSA) is 69.6 Å². The van der Waals surface area contributed by atoms with Crippen molar-refractivity contribution in [3.63, 3.8) is 0 Å². The van der Waals surface area contributed by atoms with Gasteiger partial charge in [0, 0.05) is 18.0 Å². The normalized spacial score (nSPS) is 10.8. The average Bonchev–Trinajstić information content (AvgIpc) is 2.83. The maximum Gasteiger partial charge on any atom is 0.256 e. The second kappa shape index (κ2) is 9.17. The first-order valence-corrected chi connectivity index (χ1v) is 10.7. The zero-order chi connectivity index (χ0) is 23.7. The van der Waals surface area contributed by atoms with Gasteiger partial charge in [0.15, 0.2) is 16.9 Å². The number of aromatic nitrogens is 1. The summed E-state index contributed by atoms with van der Waals surface area (Å²) in [6.45, 7) is 0. The SMILES string of the molecule is COc1ccc(C(=O)Nc2c(-c3ccc(Cl)c(Cl)c3)c(=O)c3ccccc3n2C)cc1OC. The lowest BCUT2D eigenvalue weighted by Gasteiger charge is -2.19. The molecule has 1 N–H and O–H groups in total. The van der Waals surface area contributed by atoms with E-state index in [1.165, 1.54) is 14.2 Å². The quantitative estimate of drug-likeness (QED) is 0.391. The van der Waals surface area contributed by atoms with Gasteiger partial charge in [0.1, 0.15) is 5.82 Å². The smallest absolute Gasteiger partial charge is 0.256 e. The number of amides is 1. The minimum absolute atomic E-state index is 0.232. The molecule has 3 aromatic carbocycles. The van der Waals surface area contributed by atoms with E-state index in [9.17, 15) is 9.59 Å². The summed E-state index contributed by atoms with van der Waals surface area (Å²) in [5, 5.41) is 4.10. The van der Waals surface area contributed by atoms with E-state index in [2.05, 4.69) is 5.32 Å². The van der Waals surface area contributed by atoms with Crippen molar-refractivity contribution in [2.24, 2.45) is 7.05 Å². The number of ether oxygens (including phenoxy) is 2. The monoisotopic (exact) mass is 482 g/mol. The van der Waals surface area contributed by atoms with E-state index < -0.39 is 5.91 Å². The third-order valence-electron chi connectivity index (χ3n) is 5.40. The second-order valence-electron chi connectivity index (χ2n) is 7.28. The maximum atomic E-state index is 13.5. The lowest BCUT2D eigenvalue weighted by Crippen LogP contribution is -2.21. The number of para-hydroxylation sites is 1. The molecular formula is C25H20Cl2N2O4. The van der Waals surface area contributed by atoms with Crippen molar-refractivity contribution in [2.75, 3.05) is 19.5 Å². The van der Waals surface area contributed by atoms with Crippen LogP contribution in [0.25, 0.3) is 22.0 Å². The van der Waals surface area contributed by atoms with Crippen LogP contribution in [0.4, 0.5) is 5.82 Å². The van der Waals surface area contributed by atoms with Crippen molar-refractivity contribution in [3.8, 4) is 22.6 Å². The van der Waals surface area contributed by atoms with Gasteiger partial charge in [-0.2, -0.15) is 0 Å². The number of halogens is 2. The number of hydrogen-bond donors (Lipinski definition) is 1. The summed E-state index contributed by atoms with van der Waals surface area (Å²) < 4.78 is 12.3. The van der Waals surface area contributed by atoms with Gasteiger partial charge in [-0.1, -0.05) is 41.4 Å². The molecule has 0 aliphatic rings. The van der Waals surface area contributed by atoms with Gasteiger partial charge >= 0.3 is 0 Å². The van der Waals surface area contributed by atoms with Crippen LogP contribution in [-0.4, -0.2) is 24.7 Å². The number of aryl methyl sites for hydroxylation is 1. The first kappa shape index (κ1) is 22.7. The van der Waals surface area contributed by atoms with Crippen molar-refractivity contribution in [3.05, 3.63) is 86.5 Å². The standard InChI is InChI=1S/C25H20Cl2N2O4/c1-29-19-7-5-4-6-16(19)23(30)22(14-8-10-17(26)18(27)12-14)24(29)28-25(31)15-9-11-20(32-2)21(13-15)33-3/h4-13H,1-3H3,(H,28,31). The number of benzene rings is 3. The highest BCUT2D eigenvalue weighted by Crippen LogP contribution is 2.33. The van der Waals surface area contributed by atoms with Crippen molar-refractivity contribution in [2.45, 2.75) is 0 Å². The van der Waals surface area contributed by atoms with Crippen LogP contribution < -0.4 is 20.2 Å². The predicted octanol–water partition coefficient (Wildman–Crippen LogP) is 5.78. The molecule has 0 saturated carbocycles. The molecule has 4 aromatic rings.